The molecule has 1 aliphatic rings. The Labute approximate surface area is 154 Å². The maximum absolute atomic E-state index is 12.7. The molecule has 26 heavy (non-hydrogen) atoms. The number of pyridine rings is 1. The Morgan fingerprint density at radius 1 is 1.23 bits per heavy atom. The van der Waals surface area contributed by atoms with Crippen LogP contribution in [0, 0.1) is 12.8 Å². The van der Waals surface area contributed by atoms with Crippen LogP contribution in [0.2, 0.25) is 0 Å². The highest BCUT2D eigenvalue weighted by Crippen LogP contribution is 2.18. The fourth-order valence-electron chi connectivity index (χ4n) is 3.34. The topological polar surface area (TPSA) is 62.3 Å². The Morgan fingerprint density at radius 2 is 2.04 bits per heavy atom. The van der Waals surface area contributed by atoms with Crippen LogP contribution in [0.4, 0.5) is 0 Å². The van der Waals surface area contributed by atoms with Crippen molar-refractivity contribution in [2.24, 2.45) is 5.92 Å². The number of nitrogens with zero attached hydrogens (tertiary/aromatic N) is 2. The zero-order chi connectivity index (χ0) is 18.5. The largest absolute Gasteiger partial charge is 0.348 e. The monoisotopic (exact) mass is 351 g/mol. The van der Waals surface area contributed by atoms with E-state index in [-0.39, 0.29) is 11.8 Å². The van der Waals surface area contributed by atoms with E-state index < -0.39 is 0 Å². The minimum Gasteiger partial charge on any atom is -0.348 e. The highest BCUT2D eigenvalue weighted by Gasteiger charge is 2.22. The van der Waals surface area contributed by atoms with E-state index in [1.807, 2.05) is 36.1 Å². The highest BCUT2D eigenvalue weighted by atomic mass is 16.2. The summed E-state index contributed by atoms with van der Waals surface area (Å²) in [5, 5.41) is 2.89. The van der Waals surface area contributed by atoms with Crippen molar-refractivity contribution >= 4 is 11.8 Å². The molecule has 5 heteroatoms. The molecule has 0 saturated carbocycles. The molecule has 2 heterocycles. The lowest BCUT2D eigenvalue weighted by Gasteiger charge is -2.30. The van der Waals surface area contributed by atoms with Crippen molar-refractivity contribution in [3.63, 3.8) is 0 Å². The molecule has 0 radical (unpaired) electrons. The maximum atomic E-state index is 12.7. The molecule has 1 N–H and O–H groups in total. The third kappa shape index (κ3) is 4.48. The standard InChI is InChI=1S/C21H25N3O2/c1-15-5-3-7-17(9-15)11-23-20(25)18-10-19(13-22-12-18)21(26)24-8-4-6-16(2)14-24/h3,5,7,9-10,12-13,16H,4,6,8,11,14H2,1-2H3,(H,23,25). The number of aryl methyl sites for hydroxylation is 1. The first-order valence-electron chi connectivity index (χ1n) is 9.11. The molecule has 0 bridgehead atoms. The average molecular weight is 351 g/mol. The lowest BCUT2D eigenvalue weighted by Crippen LogP contribution is -2.39. The number of hydrogen-bond donors (Lipinski definition) is 1. The van der Waals surface area contributed by atoms with E-state index in [1.54, 1.807) is 12.3 Å². The molecule has 0 spiro atoms. The molecule has 1 atom stereocenters. The van der Waals surface area contributed by atoms with Gasteiger partial charge in [-0.05, 0) is 37.3 Å². The second kappa shape index (κ2) is 8.13. The van der Waals surface area contributed by atoms with Crippen LogP contribution in [0.25, 0.3) is 0 Å². The van der Waals surface area contributed by atoms with Gasteiger partial charge < -0.3 is 10.2 Å². The zero-order valence-corrected chi connectivity index (χ0v) is 15.4. The van der Waals surface area contributed by atoms with Crippen LogP contribution in [0.1, 0.15) is 51.6 Å². The van der Waals surface area contributed by atoms with Gasteiger partial charge in [0.25, 0.3) is 11.8 Å². The van der Waals surface area contributed by atoms with E-state index in [1.165, 1.54) is 6.20 Å². The molecule has 0 aliphatic carbocycles. The molecule has 1 aliphatic heterocycles. The number of amides is 2. The van der Waals surface area contributed by atoms with Crippen LogP contribution in [-0.4, -0.2) is 34.8 Å². The number of carbonyl (C=O) groups excluding carboxylic acids is 2. The summed E-state index contributed by atoms with van der Waals surface area (Å²) in [7, 11) is 0. The second-order valence-corrected chi connectivity index (χ2v) is 7.13. The van der Waals surface area contributed by atoms with Gasteiger partial charge in [0.2, 0.25) is 0 Å². The van der Waals surface area contributed by atoms with Gasteiger partial charge in [-0.25, -0.2) is 0 Å². The summed E-state index contributed by atoms with van der Waals surface area (Å²) in [6.07, 6.45) is 5.22. The van der Waals surface area contributed by atoms with E-state index in [9.17, 15) is 9.59 Å². The summed E-state index contributed by atoms with van der Waals surface area (Å²) in [5.41, 5.74) is 3.08. The molecule has 1 fully saturated rings. The van der Waals surface area contributed by atoms with Crippen molar-refractivity contribution < 1.29 is 9.59 Å². The molecular formula is C21H25N3O2. The van der Waals surface area contributed by atoms with E-state index in [0.29, 0.717) is 23.6 Å². The van der Waals surface area contributed by atoms with E-state index in [4.69, 9.17) is 0 Å². The van der Waals surface area contributed by atoms with Gasteiger partial charge in [0.1, 0.15) is 0 Å². The predicted molar refractivity (Wildman–Crippen MR) is 101 cm³/mol. The van der Waals surface area contributed by atoms with Crippen molar-refractivity contribution in [3.8, 4) is 0 Å². The van der Waals surface area contributed by atoms with Crippen molar-refractivity contribution in [3.05, 3.63) is 65.0 Å². The van der Waals surface area contributed by atoms with Gasteiger partial charge >= 0.3 is 0 Å². The van der Waals surface area contributed by atoms with Gasteiger partial charge in [-0.2, -0.15) is 0 Å². The minimum atomic E-state index is -0.222. The third-order valence-electron chi connectivity index (χ3n) is 4.73. The second-order valence-electron chi connectivity index (χ2n) is 7.13. The number of carbonyl (C=O) groups is 2. The average Bonchev–Trinajstić information content (AvgIpc) is 2.65. The number of piperidine rings is 1. The Bertz CT molecular complexity index is 803. The summed E-state index contributed by atoms with van der Waals surface area (Å²) < 4.78 is 0. The van der Waals surface area contributed by atoms with Gasteiger partial charge in [0, 0.05) is 32.0 Å². The molecule has 1 unspecified atom stereocenters. The Morgan fingerprint density at radius 3 is 2.81 bits per heavy atom. The van der Waals surface area contributed by atoms with Gasteiger partial charge in [-0.1, -0.05) is 36.8 Å². The Kier molecular flexibility index (Phi) is 5.66. The fraction of sp³-hybridized carbons (Fsp3) is 0.381. The molecule has 1 aromatic heterocycles. The molecule has 2 amide bonds. The quantitative estimate of drug-likeness (QED) is 0.920. The molecule has 1 saturated heterocycles. The lowest BCUT2D eigenvalue weighted by atomic mass is 9.99. The minimum absolute atomic E-state index is 0.0441. The lowest BCUT2D eigenvalue weighted by molar-refractivity contribution is 0.0682. The number of likely N-dealkylation sites (tertiary alicyclic amines) is 1. The van der Waals surface area contributed by atoms with Gasteiger partial charge in [0.05, 0.1) is 11.1 Å². The Hall–Kier alpha value is -2.69. The molecule has 2 aromatic rings. The molecule has 136 valence electrons. The predicted octanol–water partition coefficient (Wildman–Crippen LogP) is 3.19. The number of benzene rings is 1. The number of rotatable bonds is 4. The molecule has 3 rings (SSSR count). The smallest absolute Gasteiger partial charge is 0.255 e. The van der Waals surface area contributed by atoms with E-state index >= 15 is 0 Å². The van der Waals surface area contributed by atoms with Gasteiger partial charge in [0.15, 0.2) is 0 Å². The first-order valence-corrected chi connectivity index (χ1v) is 9.11. The first-order chi connectivity index (χ1) is 12.5. The SMILES string of the molecule is Cc1cccc(CNC(=O)c2cncc(C(=O)N3CCCC(C)C3)c2)c1. The van der Waals surface area contributed by atoms with Crippen LogP contribution in [0.3, 0.4) is 0 Å². The molecular weight excluding hydrogens is 326 g/mol. The normalized spacial score (nSPS) is 17.0. The van der Waals surface area contributed by atoms with Crippen molar-refractivity contribution in [1.29, 1.82) is 0 Å². The summed E-state index contributed by atoms with van der Waals surface area (Å²) in [4.78, 5) is 31.1. The fourth-order valence-corrected chi connectivity index (χ4v) is 3.34. The van der Waals surface area contributed by atoms with Crippen LogP contribution in [0.15, 0.2) is 42.7 Å². The number of hydrogen-bond acceptors (Lipinski definition) is 3. The van der Waals surface area contributed by atoms with Crippen LogP contribution < -0.4 is 5.32 Å². The highest BCUT2D eigenvalue weighted by molar-refractivity contribution is 5.99. The summed E-state index contributed by atoms with van der Waals surface area (Å²) in [6, 6.07) is 9.64. The first kappa shape index (κ1) is 18.1. The van der Waals surface area contributed by atoms with Crippen LogP contribution >= 0.6 is 0 Å². The summed E-state index contributed by atoms with van der Waals surface area (Å²) in [5.74, 6) is 0.250. The summed E-state index contributed by atoms with van der Waals surface area (Å²) >= 11 is 0. The van der Waals surface area contributed by atoms with Crippen molar-refractivity contribution in [2.45, 2.75) is 33.2 Å². The maximum Gasteiger partial charge on any atom is 0.255 e. The number of nitrogens with one attached hydrogen (secondary N) is 1. The van der Waals surface area contributed by atoms with Crippen molar-refractivity contribution in [1.82, 2.24) is 15.2 Å². The van der Waals surface area contributed by atoms with Gasteiger partial charge in [-0.15, -0.1) is 0 Å². The van der Waals surface area contributed by atoms with E-state index in [0.717, 1.165) is 37.1 Å². The molecule has 1 aromatic carbocycles. The number of aromatic nitrogens is 1. The van der Waals surface area contributed by atoms with E-state index in [2.05, 4.69) is 17.2 Å². The van der Waals surface area contributed by atoms with Gasteiger partial charge in [-0.3, -0.25) is 14.6 Å². The zero-order valence-electron chi connectivity index (χ0n) is 15.4. The summed E-state index contributed by atoms with van der Waals surface area (Å²) in [6.45, 7) is 6.16. The third-order valence-corrected chi connectivity index (χ3v) is 4.73. The van der Waals surface area contributed by atoms with Crippen LogP contribution in [0.5, 0.6) is 0 Å². The van der Waals surface area contributed by atoms with Crippen molar-refractivity contribution in [2.75, 3.05) is 13.1 Å². The molecule has 5 nitrogen and oxygen atoms in total. The van der Waals surface area contributed by atoms with Crippen LogP contribution in [-0.2, 0) is 6.54 Å². The Balaban J connectivity index is 1.66.